The Morgan fingerprint density at radius 1 is 1.48 bits per heavy atom. The number of hydrogen-bond acceptors (Lipinski definition) is 3. The number of amides is 1. The largest absolute Gasteiger partial charge is 0.497 e. The van der Waals surface area contributed by atoms with Crippen molar-refractivity contribution in [1.29, 1.82) is 0 Å². The zero-order chi connectivity index (χ0) is 15.2. The van der Waals surface area contributed by atoms with Crippen LogP contribution in [0.1, 0.15) is 44.3 Å². The van der Waals surface area contributed by atoms with E-state index in [0.717, 1.165) is 24.8 Å². The van der Waals surface area contributed by atoms with Crippen LogP contribution in [-0.4, -0.2) is 24.7 Å². The average Bonchev–Trinajstić information content (AvgIpc) is 2.52. The van der Waals surface area contributed by atoms with Crippen LogP contribution >= 0.6 is 0 Å². The lowest BCUT2D eigenvalue weighted by Gasteiger charge is -2.26. The second-order valence-electron chi connectivity index (χ2n) is 6.01. The van der Waals surface area contributed by atoms with Gasteiger partial charge in [-0.05, 0) is 36.5 Å². The van der Waals surface area contributed by atoms with Gasteiger partial charge in [-0.2, -0.15) is 0 Å². The predicted molar refractivity (Wildman–Crippen MR) is 82.1 cm³/mol. The molecule has 4 heteroatoms. The van der Waals surface area contributed by atoms with E-state index >= 15 is 0 Å². The third-order valence-electron chi connectivity index (χ3n) is 4.26. The summed E-state index contributed by atoms with van der Waals surface area (Å²) in [4.78, 5) is 12.2. The Balaban J connectivity index is 1.85. The number of hydrogen-bond donors (Lipinski definition) is 2. The van der Waals surface area contributed by atoms with Gasteiger partial charge in [-0.1, -0.05) is 31.9 Å². The topological polar surface area (TPSA) is 58.6 Å². The number of aliphatic hydroxyl groups is 1. The van der Waals surface area contributed by atoms with E-state index in [1.807, 2.05) is 18.2 Å². The summed E-state index contributed by atoms with van der Waals surface area (Å²) in [6.07, 6.45) is 3.56. The van der Waals surface area contributed by atoms with E-state index in [1.165, 1.54) is 6.42 Å². The van der Waals surface area contributed by atoms with Crippen molar-refractivity contribution in [2.45, 2.75) is 38.7 Å². The van der Waals surface area contributed by atoms with Crippen LogP contribution in [0.15, 0.2) is 24.3 Å². The third-order valence-corrected chi connectivity index (χ3v) is 4.26. The van der Waals surface area contributed by atoms with Crippen LogP contribution in [0.3, 0.4) is 0 Å². The Hall–Kier alpha value is -1.55. The molecule has 0 saturated heterocycles. The first-order chi connectivity index (χ1) is 10.1. The summed E-state index contributed by atoms with van der Waals surface area (Å²) in [5.41, 5.74) is 0.756. The maximum atomic E-state index is 12.2. The molecule has 4 nitrogen and oxygen atoms in total. The summed E-state index contributed by atoms with van der Waals surface area (Å²) in [6, 6.07) is 7.29. The Labute approximate surface area is 126 Å². The predicted octanol–water partition coefficient (Wildman–Crippen LogP) is 2.67. The van der Waals surface area contributed by atoms with Crippen molar-refractivity contribution >= 4 is 5.91 Å². The van der Waals surface area contributed by atoms with Gasteiger partial charge in [-0.15, -0.1) is 0 Å². The molecule has 116 valence electrons. The van der Waals surface area contributed by atoms with Gasteiger partial charge >= 0.3 is 0 Å². The van der Waals surface area contributed by atoms with Crippen molar-refractivity contribution in [3.8, 4) is 5.75 Å². The molecule has 1 saturated carbocycles. The Bertz CT molecular complexity index is 475. The number of carbonyl (C=O) groups excluding carboxylic acids is 1. The molecule has 1 fully saturated rings. The smallest absolute Gasteiger partial charge is 0.223 e. The molecule has 2 rings (SSSR count). The average molecular weight is 291 g/mol. The summed E-state index contributed by atoms with van der Waals surface area (Å²) in [6.45, 7) is 2.45. The highest BCUT2D eigenvalue weighted by Crippen LogP contribution is 2.28. The summed E-state index contributed by atoms with van der Waals surface area (Å²) < 4.78 is 5.14. The zero-order valence-electron chi connectivity index (χ0n) is 12.8. The number of aliphatic hydroxyl groups excluding tert-OH is 1. The molecule has 0 heterocycles. The van der Waals surface area contributed by atoms with Crippen LogP contribution in [0.2, 0.25) is 0 Å². The summed E-state index contributed by atoms with van der Waals surface area (Å²) >= 11 is 0. The standard InChI is InChI=1S/C17H25NO3/c1-12-5-3-7-14(9-12)17(20)18-11-16(19)13-6-4-8-15(10-13)21-2/h4,6,8,10,12,14,16,19H,3,5,7,9,11H2,1-2H3,(H,18,20)/t12-,14-,16-/m1/s1. The molecule has 21 heavy (non-hydrogen) atoms. The van der Waals surface area contributed by atoms with Crippen LogP contribution < -0.4 is 10.1 Å². The van der Waals surface area contributed by atoms with Crippen molar-refractivity contribution in [1.82, 2.24) is 5.32 Å². The number of nitrogens with one attached hydrogen (secondary N) is 1. The van der Waals surface area contributed by atoms with Crippen LogP contribution in [0.4, 0.5) is 0 Å². The maximum Gasteiger partial charge on any atom is 0.223 e. The summed E-state index contributed by atoms with van der Waals surface area (Å²) in [7, 11) is 1.59. The van der Waals surface area contributed by atoms with Gasteiger partial charge in [0, 0.05) is 12.5 Å². The molecule has 0 aromatic heterocycles. The summed E-state index contributed by atoms with van der Waals surface area (Å²) in [5, 5.41) is 13.0. The van der Waals surface area contributed by atoms with Gasteiger partial charge in [0.25, 0.3) is 0 Å². The first-order valence-corrected chi connectivity index (χ1v) is 7.70. The lowest BCUT2D eigenvalue weighted by molar-refractivity contribution is -0.126. The quantitative estimate of drug-likeness (QED) is 0.877. The minimum Gasteiger partial charge on any atom is -0.497 e. The van der Waals surface area contributed by atoms with Gasteiger partial charge in [0.2, 0.25) is 5.91 Å². The number of benzene rings is 1. The van der Waals surface area contributed by atoms with E-state index in [4.69, 9.17) is 4.74 Å². The van der Waals surface area contributed by atoms with Crippen molar-refractivity contribution in [2.24, 2.45) is 11.8 Å². The SMILES string of the molecule is COc1cccc([C@H](O)CNC(=O)[C@@H]2CCC[C@@H](C)C2)c1. The molecule has 2 N–H and O–H groups in total. The van der Waals surface area contributed by atoms with E-state index in [-0.39, 0.29) is 18.4 Å². The van der Waals surface area contributed by atoms with Gasteiger partial charge in [-0.3, -0.25) is 4.79 Å². The third kappa shape index (κ3) is 4.46. The minimum absolute atomic E-state index is 0.0727. The van der Waals surface area contributed by atoms with E-state index < -0.39 is 6.10 Å². The van der Waals surface area contributed by atoms with Gasteiger partial charge in [-0.25, -0.2) is 0 Å². The summed E-state index contributed by atoms with van der Waals surface area (Å²) in [5.74, 6) is 1.51. The molecule has 0 bridgehead atoms. The first kappa shape index (κ1) is 15.8. The molecule has 1 amide bonds. The normalized spacial score (nSPS) is 23.4. The highest BCUT2D eigenvalue weighted by atomic mass is 16.5. The van der Waals surface area contributed by atoms with Gasteiger partial charge in [0.15, 0.2) is 0 Å². The zero-order valence-corrected chi connectivity index (χ0v) is 12.8. The number of methoxy groups -OCH3 is 1. The van der Waals surface area contributed by atoms with Gasteiger partial charge in [0.1, 0.15) is 5.75 Å². The minimum atomic E-state index is -0.704. The van der Waals surface area contributed by atoms with Crippen molar-refractivity contribution in [3.05, 3.63) is 29.8 Å². The molecule has 1 aromatic carbocycles. The molecule has 1 aliphatic carbocycles. The monoisotopic (exact) mass is 291 g/mol. The Morgan fingerprint density at radius 2 is 2.29 bits per heavy atom. The second-order valence-corrected chi connectivity index (χ2v) is 6.01. The van der Waals surface area contributed by atoms with E-state index in [0.29, 0.717) is 11.7 Å². The lowest BCUT2D eigenvalue weighted by atomic mass is 9.82. The van der Waals surface area contributed by atoms with Crippen molar-refractivity contribution in [3.63, 3.8) is 0 Å². The Morgan fingerprint density at radius 3 is 3.00 bits per heavy atom. The fraction of sp³-hybridized carbons (Fsp3) is 0.588. The van der Waals surface area contributed by atoms with Crippen molar-refractivity contribution in [2.75, 3.05) is 13.7 Å². The van der Waals surface area contributed by atoms with Crippen molar-refractivity contribution < 1.29 is 14.6 Å². The highest BCUT2D eigenvalue weighted by molar-refractivity contribution is 5.78. The molecular formula is C17H25NO3. The molecule has 1 aliphatic rings. The van der Waals surface area contributed by atoms with Crippen LogP contribution in [0.25, 0.3) is 0 Å². The number of rotatable bonds is 5. The molecule has 0 spiro atoms. The highest BCUT2D eigenvalue weighted by Gasteiger charge is 2.25. The molecule has 0 unspecified atom stereocenters. The van der Waals surface area contributed by atoms with Crippen LogP contribution in [0.5, 0.6) is 5.75 Å². The maximum absolute atomic E-state index is 12.2. The van der Waals surface area contributed by atoms with E-state index in [1.54, 1.807) is 13.2 Å². The fourth-order valence-electron chi connectivity index (χ4n) is 2.98. The molecular weight excluding hydrogens is 266 g/mol. The van der Waals surface area contributed by atoms with Crippen LogP contribution in [0, 0.1) is 11.8 Å². The lowest BCUT2D eigenvalue weighted by Crippen LogP contribution is -2.35. The first-order valence-electron chi connectivity index (χ1n) is 7.70. The fourth-order valence-corrected chi connectivity index (χ4v) is 2.98. The van der Waals surface area contributed by atoms with E-state index in [2.05, 4.69) is 12.2 Å². The molecule has 0 aliphatic heterocycles. The number of carbonyl (C=O) groups is 1. The molecule has 0 radical (unpaired) electrons. The number of ether oxygens (including phenoxy) is 1. The second kappa shape index (κ2) is 7.46. The Kier molecular flexibility index (Phi) is 5.62. The van der Waals surface area contributed by atoms with Gasteiger partial charge < -0.3 is 15.2 Å². The molecule has 1 aromatic rings. The van der Waals surface area contributed by atoms with E-state index in [9.17, 15) is 9.90 Å². The van der Waals surface area contributed by atoms with Gasteiger partial charge in [0.05, 0.1) is 13.2 Å². The van der Waals surface area contributed by atoms with Crippen LogP contribution in [-0.2, 0) is 4.79 Å². The molecule has 3 atom stereocenters.